The van der Waals surface area contributed by atoms with Crippen LogP contribution in [0.3, 0.4) is 0 Å². The van der Waals surface area contributed by atoms with E-state index in [0.29, 0.717) is 6.07 Å². The summed E-state index contributed by atoms with van der Waals surface area (Å²) < 4.78 is 36.4. The van der Waals surface area contributed by atoms with E-state index in [1.807, 2.05) is 0 Å². The van der Waals surface area contributed by atoms with E-state index >= 15 is 0 Å². The molecule has 116 valence electrons. The number of nitrogens with two attached hydrogens (primary N) is 1. The van der Waals surface area contributed by atoms with Crippen LogP contribution < -0.4 is 5.14 Å². The van der Waals surface area contributed by atoms with Crippen LogP contribution in [0.1, 0.15) is 36.0 Å². The fourth-order valence-electron chi connectivity index (χ4n) is 2.53. The van der Waals surface area contributed by atoms with Gasteiger partial charge in [-0.05, 0) is 25.0 Å². The van der Waals surface area contributed by atoms with Crippen LogP contribution in [0.5, 0.6) is 0 Å². The molecule has 0 unspecified atom stereocenters. The fraction of sp³-hybridized carbons (Fsp3) is 0.462. The molecule has 1 aromatic rings. The molecule has 0 aliphatic heterocycles. The highest BCUT2D eigenvalue weighted by Crippen LogP contribution is 2.28. The molecule has 2 rings (SSSR count). The van der Waals surface area contributed by atoms with E-state index in [1.165, 1.54) is 4.90 Å². The molecule has 0 aromatic heterocycles. The van der Waals surface area contributed by atoms with Crippen molar-refractivity contribution in [2.24, 2.45) is 5.14 Å². The molecule has 21 heavy (non-hydrogen) atoms. The fourth-order valence-corrected chi connectivity index (χ4v) is 3.27. The van der Waals surface area contributed by atoms with Crippen molar-refractivity contribution in [1.29, 1.82) is 0 Å². The van der Waals surface area contributed by atoms with Crippen LogP contribution >= 0.6 is 11.6 Å². The Morgan fingerprint density at radius 2 is 1.95 bits per heavy atom. The summed E-state index contributed by atoms with van der Waals surface area (Å²) in [6.45, 7) is 0. The third-order valence-corrected chi connectivity index (χ3v) is 5.03. The Balaban J connectivity index is 2.42. The van der Waals surface area contributed by atoms with Gasteiger partial charge in [0.15, 0.2) is 0 Å². The van der Waals surface area contributed by atoms with Crippen LogP contribution in [0.4, 0.5) is 4.39 Å². The number of benzene rings is 1. The number of hydrogen-bond donors (Lipinski definition) is 1. The van der Waals surface area contributed by atoms with Gasteiger partial charge in [0, 0.05) is 13.1 Å². The third-order valence-electron chi connectivity index (χ3n) is 3.75. The van der Waals surface area contributed by atoms with E-state index in [1.54, 1.807) is 7.05 Å². The smallest absolute Gasteiger partial charge is 0.255 e. The Morgan fingerprint density at radius 1 is 1.38 bits per heavy atom. The number of nitrogens with zero attached hydrogens (tertiary/aromatic N) is 1. The van der Waals surface area contributed by atoms with E-state index in [0.717, 1.165) is 31.7 Å². The van der Waals surface area contributed by atoms with Gasteiger partial charge in [0.1, 0.15) is 5.82 Å². The van der Waals surface area contributed by atoms with Crippen LogP contribution in [0, 0.1) is 5.82 Å². The molecule has 1 aromatic carbocycles. The summed E-state index contributed by atoms with van der Waals surface area (Å²) >= 11 is 5.80. The second-order valence-corrected chi connectivity index (χ2v) is 7.11. The molecule has 0 bridgehead atoms. The topological polar surface area (TPSA) is 80.5 Å². The molecule has 1 fully saturated rings. The minimum absolute atomic E-state index is 0.0646. The standard InChI is InChI=1S/C13H16ClFN2O3S/c1-17(8-4-2-3-5-8)13(18)10-6-9(21(16,19)20)7-11(15)12(10)14/h6-8H,2-5H2,1H3,(H2,16,19,20). The van der Waals surface area contributed by atoms with E-state index in [2.05, 4.69) is 0 Å². The van der Waals surface area contributed by atoms with Gasteiger partial charge in [-0.3, -0.25) is 4.79 Å². The highest BCUT2D eigenvalue weighted by Gasteiger charge is 2.27. The van der Waals surface area contributed by atoms with Gasteiger partial charge in [0.2, 0.25) is 10.0 Å². The number of hydrogen-bond acceptors (Lipinski definition) is 3. The molecule has 0 heterocycles. The molecule has 0 atom stereocenters. The molecule has 0 radical (unpaired) electrons. The SMILES string of the molecule is CN(C(=O)c1cc(S(N)(=O)=O)cc(F)c1Cl)C1CCCC1. The van der Waals surface area contributed by atoms with Gasteiger partial charge in [-0.1, -0.05) is 24.4 Å². The number of halogens is 2. The lowest BCUT2D eigenvalue weighted by atomic mass is 10.1. The number of primary sulfonamides is 1. The molecule has 0 saturated heterocycles. The number of carbonyl (C=O) groups is 1. The zero-order chi connectivity index (χ0) is 15.8. The van der Waals surface area contributed by atoms with Crippen LogP contribution in [0.25, 0.3) is 0 Å². The lowest BCUT2D eigenvalue weighted by molar-refractivity contribution is 0.0734. The second kappa shape index (κ2) is 5.90. The molecule has 8 heteroatoms. The van der Waals surface area contributed by atoms with E-state index in [-0.39, 0.29) is 11.6 Å². The average Bonchev–Trinajstić information content (AvgIpc) is 2.92. The Bertz CT molecular complexity index is 672. The highest BCUT2D eigenvalue weighted by atomic mass is 35.5. The third kappa shape index (κ3) is 3.36. The van der Waals surface area contributed by atoms with Gasteiger partial charge < -0.3 is 4.90 Å². The van der Waals surface area contributed by atoms with Crippen molar-refractivity contribution in [2.75, 3.05) is 7.05 Å². The zero-order valence-corrected chi connectivity index (χ0v) is 13.0. The number of amides is 1. The van der Waals surface area contributed by atoms with Crippen molar-refractivity contribution < 1.29 is 17.6 Å². The van der Waals surface area contributed by atoms with Gasteiger partial charge in [-0.2, -0.15) is 0 Å². The van der Waals surface area contributed by atoms with E-state index in [4.69, 9.17) is 16.7 Å². The maximum absolute atomic E-state index is 13.7. The van der Waals surface area contributed by atoms with Crippen LogP contribution in [0.2, 0.25) is 5.02 Å². The summed E-state index contributed by atoms with van der Waals surface area (Å²) in [5, 5.41) is 4.59. The summed E-state index contributed by atoms with van der Waals surface area (Å²) in [7, 11) is -2.50. The van der Waals surface area contributed by atoms with Crippen molar-refractivity contribution in [3.63, 3.8) is 0 Å². The largest absolute Gasteiger partial charge is 0.339 e. The minimum atomic E-state index is -4.11. The molecule has 1 aliphatic carbocycles. The van der Waals surface area contributed by atoms with E-state index < -0.39 is 31.7 Å². The van der Waals surface area contributed by atoms with Gasteiger partial charge in [-0.15, -0.1) is 0 Å². The Morgan fingerprint density at radius 3 is 2.48 bits per heavy atom. The summed E-state index contributed by atoms with van der Waals surface area (Å²) in [5.74, 6) is -1.48. The summed E-state index contributed by atoms with van der Waals surface area (Å²) in [4.78, 5) is 13.4. The van der Waals surface area contributed by atoms with E-state index in [9.17, 15) is 17.6 Å². The number of rotatable bonds is 3. The van der Waals surface area contributed by atoms with Gasteiger partial charge in [-0.25, -0.2) is 17.9 Å². The first-order valence-corrected chi connectivity index (χ1v) is 8.43. The maximum Gasteiger partial charge on any atom is 0.255 e. The van der Waals surface area contributed by atoms with Crippen molar-refractivity contribution in [1.82, 2.24) is 4.90 Å². The van der Waals surface area contributed by atoms with Crippen LogP contribution in [-0.4, -0.2) is 32.3 Å². The maximum atomic E-state index is 13.7. The first-order valence-electron chi connectivity index (χ1n) is 6.51. The first-order chi connectivity index (χ1) is 9.71. The summed E-state index contributed by atoms with van der Waals surface area (Å²) in [6, 6.07) is 1.80. The molecule has 1 aliphatic rings. The van der Waals surface area contributed by atoms with Crippen molar-refractivity contribution in [3.05, 3.63) is 28.5 Å². The first kappa shape index (κ1) is 16.2. The quantitative estimate of drug-likeness (QED) is 0.919. The summed E-state index contributed by atoms with van der Waals surface area (Å²) in [6.07, 6.45) is 3.80. The molecule has 1 saturated carbocycles. The summed E-state index contributed by atoms with van der Waals surface area (Å²) in [5.41, 5.74) is -0.185. The zero-order valence-electron chi connectivity index (χ0n) is 11.5. The highest BCUT2D eigenvalue weighted by molar-refractivity contribution is 7.89. The molecule has 1 amide bonds. The van der Waals surface area contributed by atoms with Crippen molar-refractivity contribution >= 4 is 27.5 Å². The Labute approximate surface area is 127 Å². The van der Waals surface area contributed by atoms with Crippen molar-refractivity contribution in [2.45, 2.75) is 36.6 Å². The second-order valence-electron chi connectivity index (χ2n) is 5.17. The number of carbonyl (C=O) groups excluding carboxylic acids is 1. The normalized spacial score (nSPS) is 16.2. The minimum Gasteiger partial charge on any atom is -0.339 e. The monoisotopic (exact) mass is 334 g/mol. The lowest BCUT2D eigenvalue weighted by Crippen LogP contribution is -2.35. The predicted octanol–water partition coefficient (Wildman–Crippen LogP) is 2.14. The molecular formula is C13H16ClFN2O3S. The van der Waals surface area contributed by atoms with Crippen LogP contribution in [0.15, 0.2) is 17.0 Å². The lowest BCUT2D eigenvalue weighted by Gasteiger charge is -2.25. The van der Waals surface area contributed by atoms with Gasteiger partial charge in [0.05, 0.1) is 15.5 Å². The molecule has 0 spiro atoms. The average molecular weight is 335 g/mol. The van der Waals surface area contributed by atoms with Crippen LogP contribution in [-0.2, 0) is 10.0 Å². The molecular weight excluding hydrogens is 319 g/mol. The number of sulfonamides is 1. The molecule has 5 nitrogen and oxygen atoms in total. The predicted molar refractivity (Wildman–Crippen MR) is 77.1 cm³/mol. The Hall–Kier alpha value is -1.18. The van der Waals surface area contributed by atoms with Gasteiger partial charge >= 0.3 is 0 Å². The van der Waals surface area contributed by atoms with Crippen molar-refractivity contribution in [3.8, 4) is 0 Å². The molecule has 2 N–H and O–H groups in total. The van der Waals surface area contributed by atoms with Gasteiger partial charge in [0.25, 0.3) is 5.91 Å². The Kier molecular flexibility index (Phi) is 4.55.